The van der Waals surface area contributed by atoms with Gasteiger partial charge in [-0.3, -0.25) is 4.99 Å². The third-order valence-corrected chi connectivity index (χ3v) is 3.32. The van der Waals surface area contributed by atoms with Gasteiger partial charge in [-0.25, -0.2) is 0 Å². The molecule has 0 aliphatic carbocycles. The molecular weight excluding hydrogens is 254 g/mol. The molecule has 4 heteroatoms. The van der Waals surface area contributed by atoms with Crippen LogP contribution in [0.25, 0.3) is 0 Å². The van der Waals surface area contributed by atoms with Crippen molar-refractivity contribution in [3.8, 4) is 0 Å². The maximum atomic E-state index is 5.32. The third-order valence-electron chi connectivity index (χ3n) is 3.32. The van der Waals surface area contributed by atoms with Gasteiger partial charge in [0, 0.05) is 19.2 Å². The molecule has 2 heterocycles. The molecule has 4 nitrogen and oxygen atoms in total. The first-order valence-corrected chi connectivity index (χ1v) is 6.93. The molecule has 1 saturated heterocycles. The Morgan fingerprint density at radius 2 is 1.85 bits per heavy atom. The second-order valence-electron chi connectivity index (χ2n) is 5.53. The fourth-order valence-electron chi connectivity index (χ4n) is 2.10. The first kappa shape index (κ1) is 15.2. The highest BCUT2D eigenvalue weighted by Crippen LogP contribution is 2.25. The quantitative estimate of drug-likeness (QED) is 0.792. The second-order valence-corrected chi connectivity index (χ2v) is 5.53. The van der Waals surface area contributed by atoms with Crippen LogP contribution in [0.3, 0.4) is 0 Å². The molecule has 1 aromatic carbocycles. The summed E-state index contributed by atoms with van der Waals surface area (Å²) < 4.78 is 15.7. The Morgan fingerprint density at radius 1 is 1.20 bits per heavy atom. The molecule has 1 aromatic rings. The van der Waals surface area contributed by atoms with E-state index in [-0.39, 0.29) is 6.10 Å². The van der Waals surface area contributed by atoms with Gasteiger partial charge >= 0.3 is 0 Å². The van der Waals surface area contributed by atoms with Gasteiger partial charge in [-0.15, -0.1) is 0 Å². The standard InChI is InChI=1S/C9H9N.C7H14O3/c1-7-6-8-4-2-3-5-9(8)10-7;1-7(2)9-4-6(8-3)5-10-7/h2-5H,6H2,1H3;6H,4-5H2,1-3H3. The van der Waals surface area contributed by atoms with Gasteiger partial charge in [0.15, 0.2) is 5.79 Å². The number of hydrogen-bond acceptors (Lipinski definition) is 4. The average molecular weight is 277 g/mol. The minimum Gasteiger partial charge on any atom is -0.377 e. The lowest BCUT2D eigenvalue weighted by Crippen LogP contribution is -2.42. The molecule has 0 spiro atoms. The summed E-state index contributed by atoms with van der Waals surface area (Å²) in [6, 6.07) is 8.29. The summed E-state index contributed by atoms with van der Waals surface area (Å²) in [5.41, 5.74) is 3.74. The average Bonchev–Trinajstić information content (AvgIpc) is 2.79. The number of ether oxygens (including phenoxy) is 3. The van der Waals surface area contributed by atoms with Gasteiger partial charge in [-0.05, 0) is 32.4 Å². The number of aliphatic imine (C=N–C) groups is 1. The molecular formula is C16H23NO3. The van der Waals surface area contributed by atoms with Gasteiger partial charge in [0.1, 0.15) is 6.10 Å². The van der Waals surface area contributed by atoms with E-state index >= 15 is 0 Å². The van der Waals surface area contributed by atoms with E-state index in [4.69, 9.17) is 14.2 Å². The maximum absolute atomic E-state index is 5.32. The minimum atomic E-state index is -0.422. The number of fused-ring (bicyclic) bond motifs is 1. The van der Waals surface area contributed by atoms with E-state index in [0.717, 1.165) is 12.1 Å². The molecule has 0 saturated carbocycles. The van der Waals surface area contributed by atoms with Crippen molar-refractivity contribution in [1.82, 2.24) is 0 Å². The lowest BCUT2D eigenvalue weighted by Gasteiger charge is -2.34. The summed E-state index contributed by atoms with van der Waals surface area (Å²) in [5.74, 6) is -0.422. The van der Waals surface area contributed by atoms with Crippen LogP contribution in [0.1, 0.15) is 26.3 Å². The molecule has 0 N–H and O–H groups in total. The van der Waals surface area contributed by atoms with Crippen LogP contribution in [0.2, 0.25) is 0 Å². The van der Waals surface area contributed by atoms with Crippen molar-refractivity contribution in [3.05, 3.63) is 29.8 Å². The SMILES string of the molecule is CC1=Nc2ccccc2C1.COC1COC(C)(C)OC1. The number of hydrogen-bond donors (Lipinski definition) is 0. The summed E-state index contributed by atoms with van der Waals surface area (Å²) in [5, 5.41) is 0. The number of para-hydroxylation sites is 1. The molecule has 3 rings (SSSR count). The normalized spacial score (nSPS) is 20.7. The highest BCUT2D eigenvalue weighted by Gasteiger charge is 2.27. The Kier molecular flexibility index (Phi) is 4.91. The minimum absolute atomic E-state index is 0.105. The third kappa shape index (κ3) is 4.13. The first-order chi connectivity index (χ1) is 9.50. The fraction of sp³-hybridized carbons (Fsp3) is 0.562. The zero-order valence-electron chi connectivity index (χ0n) is 12.7. The Bertz CT molecular complexity index is 472. The van der Waals surface area contributed by atoms with Crippen LogP contribution in [0.5, 0.6) is 0 Å². The van der Waals surface area contributed by atoms with Crippen molar-refractivity contribution in [1.29, 1.82) is 0 Å². The van der Waals surface area contributed by atoms with Crippen molar-refractivity contribution in [3.63, 3.8) is 0 Å². The van der Waals surface area contributed by atoms with Crippen LogP contribution in [0.4, 0.5) is 5.69 Å². The van der Waals surface area contributed by atoms with Crippen molar-refractivity contribution < 1.29 is 14.2 Å². The predicted molar refractivity (Wildman–Crippen MR) is 79.7 cm³/mol. The molecule has 0 bridgehead atoms. The van der Waals surface area contributed by atoms with Gasteiger partial charge in [0.2, 0.25) is 0 Å². The summed E-state index contributed by atoms with van der Waals surface area (Å²) in [6.45, 7) is 7.13. The fourth-order valence-corrected chi connectivity index (χ4v) is 2.10. The lowest BCUT2D eigenvalue weighted by molar-refractivity contribution is -0.276. The van der Waals surface area contributed by atoms with E-state index in [1.807, 2.05) is 19.9 Å². The monoisotopic (exact) mass is 277 g/mol. The Labute approximate surface area is 120 Å². The van der Waals surface area contributed by atoms with E-state index in [0.29, 0.717) is 13.2 Å². The highest BCUT2D eigenvalue weighted by molar-refractivity contribution is 5.91. The van der Waals surface area contributed by atoms with Crippen LogP contribution in [0.15, 0.2) is 29.3 Å². The Hall–Kier alpha value is -1.23. The topological polar surface area (TPSA) is 40.0 Å². The predicted octanol–water partition coefficient (Wildman–Crippen LogP) is 3.12. The molecule has 2 aliphatic heterocycles. The zero-order chi connectivity index (χ0) is 14.6. The number of nitrogens with zero attached hydrogens (tertiary/aromatic N) is 1. The van der Waals surface area contributed by atoms with E-state index < -0.39 is 5.79 Å². The van der Waals surface area contributed by atoms with Crippen LogP contribution in [-0.2, 0) is 20.6 Å². The molecule has 0 amide bonds. The Balaban J connectivity index is 0.000000147. The van der Waals surface area contributed by atoms with E-state index in [1.165, 1.54) is 11.3 Å². The first-order valence-electron chi connectivity index (χ1n) is 6.93. The molecule has 110 valence electrons. The van der Waals surface area contributed by atoms with Crippen molar-refractivity contribution in [2.75, 3.05) is 20.3 Å². The highest BCUT2D eigenvalue weighted by atomic mass is 16.7. The van der Waals surface area contributed by atoms with E-state index in [1.54, 1.807) is 7.11 Å². The summed E-state index contributed by atoms with van der Waals surface area (Å²) >= 11 is 0. The molecule has 0 unspecified atom stereocenters. The van der Waals surface area contributed by atoms with E-state index in [9.17, 15) is 0 Å². The molecule has 20 heavy (non-hydrogen) atoms. The number of benzene rings is 1. The molecule has 0 atom stereocenters. The summed E-state index contributed by atoms with van der Waals surface area (Å²) in [7, 11) is 1.66. The van der Waals surface area contributed by atoms with Crippen LogP contribution < -0.4 is 0 Å². The lowest BCUT2D eigenvalue weighted by atomic mass is 10.1. The van der Waals surface area contributed by atoms with Crippen LogP contribution >= 0.6 is 0 Å². The summed E-state index contributed by atoms with van der Waals surface area (Å²) in [6.07, 6.45) is 1.14. The largest absolute Gasteiger partial charge is 0.377 e. The van der Waals surface area contributed by atoms with Crippen molar-refractivity contribution >= 4 is 11.4 Å². The zero-order valence-corrected chi connectivity index (χ0v) is 12.7. The van der Waals surface area contributed by atoms with Gasteiger partial charge < -0.3 is 14.2 Å². The molecule has 0 radical (unpaired) electrons. The molecule has 2 aliphatic rings. The van der Waals surface area contributed by atoms with E-state index in [2.05, 4.69) is 30.1 Å². The van der Waals surface area contributed by atoms with Crippen molar-refractivity contribution in [2.24, 2.45) is 4.99 Å². The van der Waals surface area contributed by atoms with Gasteiger partial charge in [-0.1, -0.05) is 18.2 Å². The van der Waals surface area contributed by atoms with Gasteiger partial charge in [-0.2, -0.15) is 0 Å². The van der Waals surface area contributed by atoms with Crippen LogP contribution in [0, 0.1) is 0 Å². The van der Waals surface area contributed by atoms with Gasteiger partial charge in [0.05, 0.1) is 18.9 Å². The Morgan fingerprint density at radius 3 is 2.45 bits per heavy atom. The number of rotatable bonds is 1. The van der Waals surface area contributed by atoms with Crippen LogP contribution in [-0.4, -0.2) is 37.9 Å². The molecule has 0 aromatic heterocycles. The second kappa shape index (κ2) is 6.48. The van der Waals surface area contributed by atoms with Gasteiger partial charge in [0.25, 0.3) is 0 Å². The summed E-state index contributed by atoms with van der Waals surface area (Å²) in [4.78, 5) is 4.37. The maximum Gasteiger partial charge on any atom is 0.163 e. The van der Waals surface area contributed by atoms with Crippen molar-refractivity contribution in [2.45, 2.75) is 39.1 Å². The number of methoxy groups -OCH3 is 1. The molecule has 1 fully saturated rings. The smallest absolute Gasteiger partial charge is 0.163 e.